The third-order valence-electron chi connectivity index (χ3n) is 6.22. The molecular formula is C21H29N5O3. The minimum absolute atomic E-state index is 0.00511. The Hall–Kier alpha value is -2.64. The molecule has 2 amide bonds. The maximum Gasteiger partial charge on any atom is 0.273 e. The highest BCUT2D eigenvalue weighted by Gasteiger charge is 2.28. The van der Waals surface area contributed by atoms with Crippen LogP contribution in [0.4, 0.5) is 0 Å². The van der Waals surface area contributed by atoms with Gasteiger partial charge in [0.25, 0.3) is 5.91 Å². The van der Waals surface area contributed by atoms with Crippen molar-refractivity contribution in [2.45, 2.75) is 77.3 Å². The highest BCUT2D eigenvalue weighted by molar-refractivity contribution is 5.93. The number of carbonyl (C=O) groups excluding carboxylic acids is 2. The second kappa shape index (κ2) is 8.80. The molecule has 2 aliphatic carbocycles. The summed E-state index contributed by atoms with van der Waals surface area (Å²) in [7, 11) is 0. The Balaban J connectivity index is 1.24. The molecule has 2 heterocycles. The average molecular weight is 399 g/mol. The van der Waals surface area contributed by atoms with Crippen molar-refractivity contribution in [3.63, 3.8) is 0 Å². The predicted octanol–water partition coefficient (Wildman–Crippen LogP) is 2.58. The molecule has 0 saturated heterocycles. The smallest absolute Gasteiger partial charge is 0.273 e. The monoisotopic (exact) mass is 399 g/mol. The molecule has 0 aliphatic heterocycles. The van der Waals surface area contributed by atoms with E-state index in [1.807, 2.05) is 0 Å². The summed E-state index contributed by atoms with van der Waals surface area (Å²) in [6.07, 6.45) is 10.2. The highest BCUT2D eigenvalue weighted by atomic mass is 16.3. The van der Waals surface area contributed by atoms with Gasteiger partial charge in [0.05, 0.1) is 12.2 Å². The van der Waals surface area contributed by atoms with Crippen LogP contribution in [-0.4, -0.2) is 33.0 Å². The number of nitrogens with one attached hydrogen (secondary N) is 3. The number of aromatic nitrogens is 3. The standard InChI is InChI=1S/C21H29N5O3/c1-13-19(23-12-29-13)21(28)24-15-9-7-14(8-10-15)20(27)22-11-18-16-5-3-2-4-6-17(16)25-26-18/h12,14-15H,2-11H2,1H3,(H,22,27)(H,24,28)(H,25,26). The molecular weight excluding hydrogens is 370 g/mol. The zero-order valence-electron chi connectivity index (χ0n) is 16.9. The number of oxazole rings is 1. The van der Waals surface area contributed by atoms with Crippen LogP contribution in [-0.2, 0) is 24.2 Å². The van der Waals surface area contributed by atoms with Crippen molar-refractivity contribution >= 4 is 11.8 Å². The molecule has 8 heteroatoms. The summed E-state index contributed by atoms with van der Waals surface area (Å²) in [5, 5.41) is 13.7. The van der Waals surface area contributed by atoms with Crippen LogP contribution in [0.2, 0.25) is 0 Å². The van der Waals surface area contributed by atoms with Crippen molar-refractivity contribution in [2.75, 3.05) is 0 Å². The van der Waals surface area contributed by atoms with Gasteiger partial charge in [-0.3, -0.25) is 14.7 Å². The fourth-order valence-corrected chi connectivity index (χ4v) is 4.46. The normalized spacial score (nSPS) is 21.8. The first-order valence-electron chi connectivity index (χ1n) is 10.7. The second-order valence-electron chi connectivity index (χ2n) is 8.19. The van der Waals surface area contributed by atoms with Crippen molar-refractivity contribution in [3.8, 4) is 0 Å². The van der Waals surface area contributed by atoms with Crippen LogP contribution in [0.5, 0.6) is 0 Å². The van der Waals surface area contributed by atoms with Gasteiger partial charge in [0.2, 0.25) is 5.91 Å². The third kappa shape index (κ3) is 4.52. The lowest BCUT2D eigenvalue weighted by atomic mass is 9.85. The summed E-state index contributed by atoms with van der Waals surface area (Å²) in [5.74, 6) is 0.400. The Morgan fingerprint density at radius 2 is 1.97 bits per heavy atom. The minimum Gasteiger partial charge on any atom is -0.448 e. The van der Waals surface area contributed by atoms with Crippen LogP contribution in [0.15, 0.2) is 10.8 Å². The molecule has 3 N–H and O–H groups in total. The number of H-pyrrole nitrogens is 1. The lowest BCUT2D eigenvalue weighted by Crippen LogP contribution is -2.41. The van der Waals surface area contributed by atoms with Crippen LogP contribution >= 0.6 is 0 Å². The van der Waals surface area contributed by atoms with Gasteiger partial charge < -0.3 is 15.1 Å². The molecule has 0 unspecified atom stereocenters. The molecule has 4 rings (SSSR count). The molecule has 1 saturated carbocycles. The summed E-state index contributed by atoms with van der Waals surface area (Å²) >= 11 is 0. The molecule has 156 valence electrons. The average Bonchev–Trinajstić information content (AvgIpc) is 3.25. The summed E-state index contributed by atoms with van der Waals surface area (Å²) in [6, 6.07) is 0.0739. The number of hydrogen-bond donors (Lipinski definition) is 3. The molecule has 0 atom stereocenters. The first-order chi connectivity index (χ1) is 14.1. The molecule has 0 spiro atoms. The topological polar surface area (TPSA) is 113 Å². The van der Waals surface area contributed by atoms with Crippen LogP contribution in [0.3, 0.4) is 0 Å². The van der Waals surface area contributed by atoms with Crippen molar-refractivity contribution in [3.05, 3.63) is 34.8 Å². The number of carbonyl (C=O) groups is 2. The van der Waals surface area contributed by atoms with Crippen molar-refractivity contribution in [2.24, 2.45) is 5.92 Å². The molecule has 1 fully saturated rings. The maximum absolute atomic E-state index is 12.6. The zero-order valence-corrected chi connectivity index (χ0v) is 16.9. The minimum atomic E-state index is -0.205. The summed E-state index contributed by atoms with van der Waals surface area (Å²) in [4.78, 5) is 28.9. The second-order valence-corrected chi connectivity index (χ2v) is 8.19. The first kappa shape index (κ1) is 19.7. The van der Waals surface area contributed by atoms with E-state index >= 15 is 0 Å². The number of fused-ring (bicyclic) bond motifs is 1. The van der Waals surface area contributed by atoms with E-state index in [1.54, 1.807) is 6.92 Å². The number of hydrogen-bond acceptors (Lipinski definition) is 5. The first-order valence-corrected chi connectivity index (χ1v) is 10.7. The Kier molecular flexibility index (Phi) is 5.97. The van der Waals surface area contributed by atoms with Crippen LogP contribution in [0, 0.1) is 12.8 Å². The fraction of sp³-hybridized carbons (Fsp3) is 0.619. The van der Waals surface area contributed by atoms with Gasteiger partial charge in [-0.2, -0.15) is 5.10 Å². The number of aromatic amines is 1. The van der Waals surface area contributed by atoms with Gasteiger partial charge in [-0.15, -0.1) is 0 Å². The summed E-state index contributed by atoms with van der Waals surface area (Å²) < 4.78 is 5.09. The number of rotatable bonds is 5. The van der Waals surface area contributed by atoms with Gasteiger partial charge in [0.15, 0.2) is 12.1 Å². The molecule has 2 aromatic rings. The largest absolute Gasteiger partial charge is 0.448 e. The SMILES string of the molecule is Cc1ocnc1C(=O)NC1CCC(C(=O)NCc2n[nH]c3c2CCCCC3)CC1. The fourth-order valence-electron chi connectivity index (χ4n) is 4.46. The van der Waals surface area contributed by atoms with E-state index in [0.717, 1.165) is 44.2 Å². The zero-order chi connectivity index (χ0) is 20.2. The highest BCUT2D eigenvalue weighted by Crippen LogP contribution is 2.26. The Morgan fingerprint density at radius 3 is 2.72 bits per heavy atom. The van der Waals surface area contributed by atoms with Crippen LogP contribution in [0.25, 0.3) is 0 Å². The summed E-state index contributed by atoms with van der Waals surface area (Å²) in [5.41, 5.74) is 3.87. The van der Waals surface area contributed by atoms with Gasteiger partial charge in [-0.25, -0.2) is 4.98 Å². The van der Waals surface area contributed by atoms with Gasteiger partial charge in [0, 0.05) is 17.7 Å². The molecule has 29 heavy (non-hydrogen) atoms. The van der Waals surface area contributed by atoms with E-state index in [9.17, 15) is 9.59 Å². The van der Waals surface area contributed by atoms with Gasteiger partial charge in [-0.05, 0) is 63.9 Å². The Bertz CT molecular complexity index is 864. The van der Waals surface area contributed by atoms with Crippen molar-refractivity contribution < 1.29 is 14.0 Å². The van der Waals surface area contributed by atoms with E-state index < -0.39 is 0 Å². The van der Waals surface area contributed by atoms with E-state index in [2.05, 4.69) is 25.8 Å². The predicted molar refractivity (Wildman–Crippen MR) is 106 cm³/mol. The molecule has 0 bridgehead atoms. The van der Waals surface area contributed by atoms with Gasteiger partial charge in [-0.1, -0.05) is 6.42 Å². The van der Waals surface area contributed by atoms with Gasteiger partial charge in [0.1, 0.15) is 5.76 Å². The molecule has 0 aromatic carbocycles. The van der Waals surface area contributed by atoms with Crippen LogP contribution < -0.4 is 10.6 Å². The molecule has 8 nitrogen and oxygen atoms in total. The Labute approximate surface area is 170 Å². The number of aryl methyl sites for hydroxylation is 2. The molecule has 2 aliphatic rings. The van der Waals surface area contributed by atoms with E-state index in [0.29, 0.717) is 18.0 Å². The van der Waals surface area contributed by atoms with Gasteiger partial charge >= 0.3 is 0 Å². The lowest BCUT2D eigenvalue weighted by Gasteiger charge is -2.28. The van der Waals surface area contributed by atoms with E-state index in [4.69, 9.17) is 4.42 Å². The third-order valence-corrected chi connectivity index (χ3v) is 6.22. The maximum atomic E-state index is 12.6. The van der Waals surface area contributed by atoms with E-state index in [1.165, 1.54) is 36.9 Å². The summed E-state index contributed by atoms with van der Waals surface area (Å²) in [6.45, 7) is 2.22. The van der Waals surface area contributed by atoms with Crippen LogP contribution in [0.1, 0.15) is 78.1 Å². The quantitative estimate of drug-likeness (QED) is 0.669. The lowest BCUT2D eigenvalue weighted by molar-refractivity contribution is -0.126. The Morgan fingerprint density at radius 1 is 1.17 bits per heavy atom. The molecule has 0 radical (unpaired) electrons. The van der Waals surface area contributed by atoms with Crippen molar-refractivity contribution in [1.29, 1.82) is 0 Å². The molecule has 2 aromatic heterocycles. The number of amides is 2. The number of nitrogens with zero attached hydrogens (tertiary/aromatic N) is 2. The van der Waals surface area contributed by atoms with Crippen molar-refractivity contribution in [1.82, 2.24) is 25.8 Å². The van der Waals surface area contributed by atoms with E-state index in [-0.39, 0.29) is 23.8 Å².